The normalized spacial score (nSPS) is 10.9. The first kappa shape index (κ1) is 8.10. The van der Waals surface area contributed by atoms with Crippen LogP contribution >= 0.6 is 0 Å². The Morgan fingerprint density at radius 2 is 2.23 bits per heavy atom. The lowest BCUT2D eigenvalue weighted by Gasteiger charge is -1.98. The summed E-state index contributed by atoms with van der Waals surface area (Å²) in [5.74, 6) is -0.379. The summed E-state index contributed by atoms with van der Waals surface area (Å²) in [4.78, 5) is 13.6. The quantitative estimate of drug-likeness (QED) is 0.724. The molecule has 3 nitrogen and oxygen atoms in total. The minimum atomic E-state index is -0.379. The average molecular weight is 177 g/mol. The fourth-order valence-electron chi connectivity index (χ4n) is 1.55. The standard InChI is InChI=1S/C10H11NO2/c1-3-7-4-6(2)5-8-9(7)11-10(12)13-8/h4-5H,3H2,1-2H3,(H,11,12). The van der Waals surface area contributed by atoms with Crippen LogP contribution in [0.15, 0.2) is 21.3 Å². The molecule has 0 aliphatic rings. The molecule has 0 atom stereocenters. The number of nitrogens with one attached hydrogen (secondary N) is 1. The zero-order valence-electron chi connectivity index (χ0n) is 7.68. The van der Waals surface area contributed by atoms with E-state index in [2.05, 4.69) is 18.0 Å². The van der Waals surface area contributed by atoms with Crippen molar-refractivity contribution in [2.24, 2.45) is 0 Å². The maximum absolute atomic E-state index is 10.9. The molecule has 1 heterocycles. The first-order valence-electron chi connectivity index (χ1n) is 4.33. The van der Waals surface area contributed by atoms with Gasteiger partial charge < -0.3 is 4.42 Å². The van der Waals surface area contributed by atoms with Crippen molar-refractivity contribution in [2.75, 3.05) is 0 Å². The molecule has 1 aromatic heterocycles. The van der Waals surface area contributed by atoms with Gasteiger partial charge >= 0.3 is 5.76 Å². The summed E-state index contributed by atoms with van der Waals surface area (Å²) >= 11 is 0. The minimum absolute atomic E-state index is 0.379. The van der Waals surface area contributed by atoms with Crippen LogP contribution in [-0.4, -0.2) is 4.98 Å². The Morgan fingerprint density at radius 3 is 2.92 bits per heavy atom. The summed E-state index contributed by atoms with van der Waals surface area (Å²) < 4.78 is 4.98. The third-order valence-corrected chi connectivity index (χ3v) is 2.14. The van der Waals surface area contributed by atoms with E-state index >= 15 is 0 Å². The molecule has 2 rings (SSSR count). The number of benzene rings is 1. The number of aromatic amines is 1. The van der Waals surface area contributed by atoms with E-state index in [1.165, 1.54) is 0 Å². The van der Waals surface area contributed by atoms with Gasteiger partial charge in [0.1, 0.15) is 0 Å². The molecule has 0 saturated carbocycles. The third kappa shape index (κ3) is 1.26. The van der Waals surface area contributed by atoms with E-state index in [9.17, 15) is 4.79 Å². The first-order valence-corrected chi connectivity index (χ1v) is 4.33. The molecule has 2 aromatic rings. The SMILES string of the molecule is CCc1cc(C)cc2oc(=O)[nH]c12. The van der Waals surface area contributed by atoms with Crippen LogP contribution in [0.5, 0.6) is 0 Å². The van der Waals surface area contributed by atoms with Crippen LogP contribution < -0.4 is 5.76 Å². The molecule has 0 bridgehead atoms. The molecule has 3 heteroatoms. The molecular weight excluding hydrogens is 166 g/mol. The number of rotatable bonds is 1. The lowest BCUT2D eigenvalue weighted by atomic mass is 10.1. The van der Waals surface area contributed by atoms with Crippen LogP contribution in [0.3, 0.4) is 0 Å². The van der Waals surface area contributed by atoms with E-state index in [4.69, 9.17) is 4.42 Å². The van der Waals surface area contributed by atoms with Gasteiger partial charge in [0.2, 0.25) is 0 Å². The Balaban J connectivity index is 2.88. The molecule has 1 N–H and O–H groups in total. The second kappa shape index (κ2) is 2.76. The molecule has 0 aliphatic heterocycles. The number of hydrogen-bond donors (Lipinski definition) is 1. The van der Waals surface area contributed by atoms with Crippen molar-refractivity contribution in [2.45, 2.75) is 20.3 Å². The predicted octanol–water partition coefficient (Wildman–Crippen LogP) is 1.99. The lowest BCUT2D eigenvalue weighted by molar-refractivity contribution is 0.555. The Morgan fingerprint density at radius 1 is 1.46 bits per heavy atom. The number of oxazole rings is 1. The highest BCUT2D eigenvalue weighted by Gasteiger charge is 2.05. The van der Waals surface area contributed by atoms with Crippen LogP contribution in [0.1, 0.15) is 18.1 Å². The topological polar surface area (TPSA) is 46.0 Å². The fourth-order valence-corrected chi connectivity index (χ4v) is 1.55. The minimum Gasteiger partial charge on any atom is -0.408 e. The van der Waals surface area contributed by atoms with E-state index in [1.54, 1.807) is 0 Å². The Labute approximate surface area is 75.4 Å². The Kier molecular flexibility index (Phi) is 1.72. The highest BCUT2D eigenvalue weighted by atomic mass is 16.4. The van der Waals surface area contributed by atoms with Crippen LogP contribution in [0.2, 0.25) is 0 Å². The molecule has 13 heavy (non-hydrogen) atoms. The van der Waals surface area contributed by atoms with Crippen molar-refractivity contribution < 1.29 is 4.42 Å². The molecule has 0 radical (unpaired) electrons. The zero-order chi connectivity index (χ0) is 9.42. The molecule has 0 fully saturated rings. The number of hydrogen-bond acceptors (Lipinski definition) is 2. The van der Waals surface area contributed by atoms with Crippen molar-refractivity contribution in [1.82, 2.24) is 4.98 Å². The van der Waals surface area contributed by atoms with E-state index < -0.39 is 0 Å². The summed E-state index contributed by atoms with van der Waals surface area (Å²) in [6.45, 7) is 4.05. The van der Waals surface area contributed by atoms with Crippen molar-refractivity contribution in [1.29, 1.82) is 0 Å². The maximum Gasteiger partial charge on any atom is 0.417 e. The fraction of sp³-hybridized carbons (Fsp3) is 0.300. The summed E-state index contributed by atoms with van der Waals surface area (Å²) in [5, 5.41) is 0. The van der Waals surface area contributed by atoms with Gasteiger partial charge in [-0.2, -0.15) is 0 Å². The predicted molar refractivity (Wildman–Crippen MR) is 50.9 cm³/mol. The van der Waals surface area contributed by atoms with Crippen LogP contribution in [-0.2, 0) is 6.42 Å². The summed E-state index contributed by atoms with van der Waals surface area (Å²) in [5.41, 5.74) is 3.73. The van der Waals surface area contributed by atoms with E-state index in [0.717, 1.165) is 23.1 Å². The summed E-state index contributed by atoms with van der Waals surface area (Å²) in [7, 11) is 0. The number of aromatic nitrogens is 1. The van der Waals surface area contributed by atoms with Crippen molar-refractivity contribution in [3.63, 3.8) is 0 Å². The largest absolute Gasteiger partial charge is 0.417 e. The molecule has 0 amide bonds. The Bertz CT molecular complexity index is 493. The summed E-state index contributed by atoms with van der Waals surface area (Å²) in [6.07, 6.45) is 0.896. The molecular formula is C10H11NO2. The van der Waals surface area contributed by atoms with Crippen LogP contribution in [0.25, 0.3) is 11.1 Å². The van der Waals surface area contributed by atoms with E-state index in [1.807, 2.05) is 13.0 Å². The summed E-state index contributed by atoms with van der Waals surface area (Å²) in [6, 6.07) is 3.93. The van der Waals surface area contributed by atoms with Gasteiger partial charge in [-0.3, -0.25) is 4.98 Å². The monoisotopic (exact) mass is 177 g/mol. The molecule has 1 aromatic carbocycles. The van der Waals surface area contributed by atoms with Crippen molar-refractivity contribution in [3.8, 4) is 0 Å². The van der Waals surface area contributed by atoms with Gasteiger partial charge in [0.05, 0.1) is 5.52 Å². The van der Waals surface area contributed by atoms with Gasteiger partial charge in [-0.25, -0.2) is 4.79 Å². The van der Waals surface area contributed by atoms with Gasteiger partial charge in [-0.05, 0) is 30.5 Å². The maximum atomic E-state index is 10.9. The Hall–Kier alpha value is -1.51. The molecule has 0 saturated heterocycles. The smallest absolute Gasteiger partial charge is 0.408 e. The highest BCUT2D eigenvalue weighted by Crippen LogP contribution is 2.18. The molecule has 0 unspecified atom stereocenters. The van der Waals surface area contributed by atoms with Gasteiger partial charge in [-0.1, -0.05) is 13.0 Å². The molecule has 68 valence electrons. The van der Waals surface area contributed by atoms with Crippen molar-refractivity contribution in [3.05, 3.63) is 33.8 Å². The zero-order valence-corrected chi connectivity index (χ0v) is 7.68. The number of aryl methyl sites for hydroxylation is 2. The van der Waals surface area contributed by atoms with Gasteiger partial charge in [-0.15, -0.1) is 0 Å². The highest BCUT2D eigenvalue weighted by molar-refractivity contribution is 5.77. The number of fused-ring (bicyclic) bond motifs is 1. The second-order valence-electron chi connectivity index (χ2n) is 3.17. The average Bonchev–Trinajstić information content (AvgIpc) is 2.43. The second-order valence-corrected chi connectivity index (χ2v) is 3.17. The van der Waals surface area contributed by atoms with Crippen LogP contribution in [0.4, 0.5) is 0 Å². The molecule has 0 spiro atoms. The number of H-pyrrole nitrogens is 1. The van der Waals surface area contributed by atoms with E-state index in [-0.39, 0.29) is 5.76 Å². The van der Waals surface area contributed by atoms with Gasteiger partial charge in [0.25, 0.3) is 0 Å². The van der Waals surface area contributed by atoms with Gasteiger partial charge in [0, 0.05) is 0 Å². The lowest BCUT2D eigenvalue weighted by Crippen LogP contribution is -1.94. The van der Waals surface area contributed by atoms with Crippen molar-refractivity contribution >= 4 is 11.1 Å². The molecule has 0 aliphatic carbocycles. The van der Waals surface area contributed by atoms with Crippen LogP contribution in [0, 0.1) is 6.92 Å². The first-order chi connectivity index (χ1) is 6.20. The van der Waals surface area contributed by atoms with Gasteiger partial charge in [0.15, 0.2) is 5.58 Å². The van der Waals surface area contributed by atoms with E-state index in [0.29, 0.717) is 5.58 Å². The third-order valence-electron chi connectivity index (χ3n) is 2.14.